The van der Waals surface area contributed by atoms with Gasteiger partial charge in [-0.15, -0.1) is 0 Å². The first-order valence-electron chi connectivity index (χ1n) is 8.33. The normalized spacial score (nSPS) is 27.2. The van der Waals surface area contributed by atoms with Crippen LogP contribution in [0.3, 0.4) is 0 Å². The van der Waals surface area contributed by atoms with E-state index in [0.29, 0.717) is 25.9 Å². The van der Waals surface area contributed by atoms with Gasteiger partial charge in [-0.25, -0.2) is 9.59 Å². The van der Waals surface area contributed by atoms with Crippen LogP contribution < -0.4 is 5.32 Å². The molecule has 2 amide bonds. The van der Waals surface area contributed by atoms with Crippen molar-refractivity contribution < 1.29 is 28.6 Å². The van der Waals surface area contributed by atoms with Crippen molar-refractivity contribution in [3.8, 4) is 0 Å². The molecule has 0 saturated carbocycles. The third-order valence-electron chi connectivity index (χ3n) is 3.85. The summed E-state index contributed by atoms with van der Waals surface area (Å²) in [5.74, 6) is -0.770. The van der Waals surface area contributed by atoms with E-state index >= 15 is 0 Å². The summed E-state index contributed by atoms with van der Waals surface area (Å²) in [6.45, 7) is 7.54. The number of alkyl carbamates (subject to hydrolysis) is 1. The summed E-state index contributed by atoms with van der Waals surface area (Å²) in [6.07, 6.45) is 0.298. The molecule has 3 atom stereocenters. The Morgan fingerprint density at radius 3 is 2.62 bits per heavy atom. The number of fused-ring (bicyclic) bond motifs is 1. The highest BCUT2D eigenvalue weighted by Gasteiger charge is 2.46. The fourth-order valence-electron chi connectivity index (χ4n) is 2.92. The largest absolute Gasteiger partial charge is 0.464 e. The van der Waals surface area contributed by atoms with E-state index in [1.54, 1.807) is 27.7 Å². The predicted molar refractivity (Wildman–Crippen MR) is 84.0 cm³/mol. The molecule has 2 rings (SSSR count). The third kappa shape index (κ3) is 4.37. The average molecular weight is 342 g/mol. The first kappa shape index (κ1) is 18.5. The van der Waals surface area contributed by atoms with E-state index < -0.39 is 36.0 Å². The van der Waals surface area contributed by atoms with E-state index in [9.17, 15) is 14.4 Å². The molecule has 8 heteroatoms. The Morgan fingerprint density at radius 1 is 1.29 bits per heavy atom. The van der Waals surface area contributed by atoms with E-state index in [-0.39, 0.29) is 12.5 Å². The van der Waals surface area contributed by atoms with Gasteiger partial charge >= 0.3 is 12.1 Å². The minimum Gasteiger partial charge on any atom is -0.464 e. The van der Waals surface area contributed by atoms with Gasteiger partial charge in [0.2, 0.25) is 5.91 Å². The number of carbonyl (C=O) groups excluding carboxylic acids is 3. The van der Waals surface area contributed by atoms with E-state index in [0.717, 1.165) is 0 Å². The molecule has 2 aliphatic heterocycles. The highest BCUT2D eigenvalue weighted by atomic mass is 16.6. The zero-order valence-corrected chi connectivity index (χ0v) is 14.7. The topological polar surface area (TPSA) is 94.2 Å². The summed E-state index contributed by atoms with van der Waals surface area (Å²) in [5, 5.41) is 2.58. The van der Waals surface area contributed by atoms with Crippen molar-refractivity contribution in [2.45, 2.75) is 70.9 Å². The van der Waals surface area contributed by atoms with Crippen molar-refractivity contribution in [3.05, 3.63) is 0 Å². The zero-order chi connectivity index (χ0) is 17.9. The van der Waals surface area contributed by atoms with Crippen molar-refractivity contribution in [1.82, 2.24) is 10.2 Å². The summed E-state index contributed by atoms with van der Waals surface area (Å²) in [7, 11) is 0. The molecule has 2 saturated heterocycles. The lowest BCUT2D eigenvalue weighted by Gasteiger charge is -2.29. The van der Waals surface area contributed by atoms with Crippen LogP contribution in [0.5, 0.6) is 0 Å². The Kier molecular flexibility index (Phi) is 5.69. The van der Waals surface area contributed by atoms with Crippen LogP contribution in [0.25, 0.3) is 0 Å². The lowest BCUT2D eigenvalue weighted by molar-refractivity contribution is -0.159. The average Bonchev–Trinajstić information content (AvgIpc) is 2.81. The van der Waals surface area contributed by atoms with Gasteiger partial charge in [0.1, 0.15) is 23.9 Å². The van der Waals surface area contributed by atoms with Crippen molar-refractivity contribution in [2.75, 3.05) is 13.2 Å². The second-order valence-electron chi connectivity index (χ2n) is 6.90. The number of nitrogens with one attached hydrogen (secondary N) is 1. The number of carbonyl (C=O) groups is 3. The van der Waals surface area contributed by atoms with Crippen molar-refractivity contribution in [2.24, 2.45) is 0 Å². The lowest BCUT2D eigenvalue weighted by atomic mass is 10.1. The molecule has 0 bridgehead atoms. The van der Waals surface area contributed by atoms with E-state index in [1.807, 2.05) is 0 Å². The number of amides is 2. The van der Waals surface area contributed by atoms with Gasteiger partial charge in [0.25, 0.3) is 0 Å². The Labute approximate surface area is 141 Å². The van der Waals surface area contributed by atoms with Crippen LogP contribution in [0.2, 0.25) is 0 Å². The van der Waals surface area contributed by atoms with Crippen molar-refractivity contribution in [3.63, 3.8) is 0 Å². The summed E-state index contributed by atoms with van der Waals surface area (Å²) in [6, 6.07) is -1.44. The van der Waals surface area contributed by atoms with Crippen LogP contribution in [0.4, 0.5) is 4.79 Å². The molecule has 0 aliphatic carbocycles. The minimum absolute atomic E-state index is 0.252. The second-order valence-corrected chi connectivity index (χ2v) is 6.90. The Hall–Kier alpha value is -1.83. The number of hydrogen-bond acceptors (Lipinski definition) is 6. The molecule has 2 fully saturated rings. The molecule has 0 aromatic rings. The fraction of sp³-hybridized carbons (Fsp3) is 0.812. The number of ether oxygens (including phenoxy) is 3. The first-order valence-corrected chi connectivity index (χ1v) is 8.33. The summed E-state index contributed by atoms with van der Waals surface area (Å²) < 4.78 is 15.9. The van der Waals surface area contributed by atoms with Crippen LogP contribution in [0.15, 0.2) is 0 Å². The molecular weight excluding hydrogens is 316 g/mol. The highest BCUT2D eigenvalue weighted by Crippen LogP contribution is 2.29. The van der Waals surface area contributed by atoms with Gasteiger partial charge in [0.15, 0.2) is 0 Å². The number of rotatable bonds is 3. The predicted octanol–water partition coefficient (Wildman–Crippen LogP) is 1.18. The van der Waals surface area contributed by atoms with Gasteiger partial charge < -0.3 is 24.4 Å². The standard InChI is InChI=1S/C16H26N2O6/c1-5-22-14(20)11-6-7-12-18(11)13(19)10(8-9-23-12)17-15(21)24-16(2,3)4/h10-12H,5-9H2,1-4H3,(H,17,21)/t10-,11+,12-/m1/s1. The first-order chi connectivity index (χ1) is 11.2. The van der Waals surface area contributed by atoms with Gasteiger partial charge in [-0.1, -0.05) is 0 Å². The molecule has 136 valence electrons. The van der Waals surface area contributed by atoms with Crippen LogP contribution in [0.1, 0.15) is 47.0 Å². The molecule has 2 heterocycles. The van der Waals surface area contributed by atoms with E-state index in [2.05, 4.69) is 5.32 Å². The van der Waals surface area contributed by atoms with Gasteiger partial charge in [-0.05, 0) is 40.5 Å². The maximum Gasteiger partial charge on any atom is 0.408 e. The van der Waals surface area contributed by atoms with Gasteiger partial charge in [-0.2, -0.15) is 0 Å². The smallest absolute Gasteiger partial charge is 0.408 e. The van der Waals surface area contributed by atoms with Crippen LogP contribution in [-0.2, 0) is 23.8 Å². The monoisotopic (exact) mass is 342 g/mol. The summed E-state index contributed by atoms with van der Waals surface area (Å²) >= 11 is 0. The van der Waals surface area contributed by atoms with Gasteiger partial charge in [0.05, 0.1) is 13.2 Å². The molecule has 1 N–H and O–H groups in total. The summed E-state index contributed by atoms with van der Waals surface area (Å²) in [5.41, 5.74) is -0.655. The maximum atomic E-state index is 12.8. The number of nitrogens with zero attached hydrogens (tertiary/aromatic N) is 1. The van der Waals surface area contributed by atoms with Crippen molar-refractivity contribution >= 4 is 18.0 Å². The number of esters is 1. The molecule has 0 aromatic heterocycles. The summed E-state index contributed by atoms with van der Waals surface area (Å²) in [4.78, 5) is 38.3. The van der Waals surface area contributed by atoms with Crippen LogP contribution in [-0.4, -0.2) is 60.0 Å². The lowest BCUT2D eigenvalue weighted by Crippen LogP contribution is -2.53. The van der Waals surface area contributed by atoms with Crippen LogP contribution in [0, 0.1) is 0 Å². The Bertz CT molecular complexity index is 501. The van der Waals surface area contributed by atoms with E-state index in [4.69, 9.17) is 14.2 Å². The number of hydrogen-bond donors (Lipinski definition) is 1. The molecule has 8 nitrogen and oxygen atoms in total. The molecule has 24 heavy (non-hydrogen) atoms. The van der Waals surface area contributed by atoms with Gasteiger partial charge in [0, 0.05) is 6.42 Å². The molecule has 0 unspecified atom stereocenters. The van der Waals surface area contributed by atoms with Gasteiger partial charge in [-0.3, -0.25) is 4.79 Å². The highest BCUT2D eigenvalue weighted by molar-refractivity contribution is 5.90. The third-order valence-corrected chi connectivity index (χ3v) is 3.85. The Morgan fingerprint density at radius 2 is 2.00 bits per heavy atom. The molecule has 0 radical (unpaired) electrons. The maximum absolute atomic E-state index is 12.8. The zero-order valence-electron chi connectivity index (χ0n) is 14.7. The van der Waals surface area contributed by atoms with Crippen molar-refractivity contribution in [1.29, 1.82) is 0 Å². The SMILES string of the molecule is CCOC(=O)[C@@H]1CC[C@H]2OCC[C@@H](NC(=O)OC(C)(C)C)C(=O)N21. The quantitative estimate of drug-likeness (QED) is 0.774. The second kappa shape index (κ2) is 7.38. The molecular formula is C16H26N2O6. The fourth-order valence-corrected chi connectivity index (χ4v) is 2.92. The molecule has 0 aromatic carbocycles. The minimum atomic E-state index is -0.778. The van der Waals surface area contributed by atoms with E-state index in [1.165, 1.54) is 4.90 Å². The Balaban J connectivity index is 2.08. The molecule has 2 aliphatic rings. The van der Waals surface area contributed by atoms with Crippen LogP contribution >= 0.6 is 0 Å². The molecule has 0 spiro atoms.